The van der Waals surface area contributed by atoms with Crippen LogP contribution in [0.5, 0.6) is 0 Å². The van der Waals surface area contributed by atoms with Gasteiger partial charge >= 0.3 is 5.97 Å². The molecular weight excluding hydrogens is 330 g/mol. The van der Waals surface area contributed by atoms with Crippen molar-refractivity contribution in [1.29, 1.82) is 0 Å². The van der Waals surface area contributed by atoms with Crippen LogP contribution in [0, 0.1) is 0 Å². The third-order valence-electron chi connectivity index (χ3n) is 4.13. The Kier molecular flexibility index (Phi) is 4.81. The van der Waals surface area contributed by atoms with E-state index in [1.807, 2.05) is 42.6 Å². The van der Waals surface area contributed by atoms with E-state index >= 15 is 0 Å². The van der Waals surface area contributed by atoms with Crippen LogP contribution in [0.4, 0.5) is 11.4 Å². The van der Waals surface area contributed by atoms with Gasteiger partial charge in [0.1, 0.15) is 6.04 Å². The minimum atomic E-state index is -1.00. The lowest BCUT2D eigenvalue weighted by Crippen LogP contribution is -2.32. The minimum absolute atomic E-state index is 0.290. The van der Waals surface area contributed by atoms with Crippen LogP contribution in [0.1, 0.15) is 5.56 Å². The first kappa shape index (κ1) is 17.4. The van der Waals surface area contributed by atoms with Crippen molar-refractivity contribution in [3.63, 3.8) is 0 Å². The van der Waals surface area contributed by atoms with Crippen molar-refractivity contribution in [3.05, 3.63) is 60.4 Å². The molecule has 2 heterocycles. The van der Waals surface area contributed by atoms with Crippen LogP contribution in [-0.2, 0) is 11.2 Å². The summed E-state index contributed by atoms with van der Waals surface area (Å²) in [6.45, 7) is 0. The van der Waals surface area contributed by atoms with E-state index in [4.69, 9.17) is 22.3 Å². The van der Waals surface area contributed by atoms with Gasteiger partial charge in [-0.25, -0.2) is 0 Å². The van der Waals surface area contributed by atoms with Crippen molar-refractivity contribution >= 4 is 39.1 Å². The maximum atomic E-state index is 10.7. The molecule has 1 unspecified atom stereocenters. The second-order valence-electron chi connectivity index (χ2n) is 6.09. The Hall–Kier alpha value is -3.45. The molecule has 0 aliphatic carbocycles. The summed E-state index contributed by atoms with van der Waals surface area (Å²) in [5.41, 5.74) is 21.1. The van der Waals surface area contributed by atoms with Gasteiger partial charge in [-0.1, -0.05) is 0 Å². The predicted molar refractivity (Wildman–Crippen MR) is 105 cm³/mol. The number of aliphatic carboxylic acids is 1. The number of hydrogen-bond acceptors (Lipinski definition) is 4. The molecule has 134 valence electrons. The van der Waals surface area contributed by atoms with E-state index in [0.29, 0.717) is 12.1 Å². The molecule has 4 aromatic rings. The monoisotopic (exact) mass is 351 g/mol. The molecule has 0 saturated carbocycles. The SMILES string of the molecule is Nc1ccc2[nH]cc(CC(N)C(=O)O)c2c1.Nc1ccc2[nH]ccc2c1. The summed E-state index contributed by atoms with van der Waals surface area (Å²) in [6, 6.07) is 12.4. The number of nitrogens with two attached hydrogens (primary N) is 3. The van der Waals surface area contributed by atoms with Crippen LogP contribution in [0.3, 0.4) is 0 Å². The van der Waals surface area contributed by atoms with Crippen molar-refractivity contribution in [2.75, 3.05) is 11.5 Å². The van der Waals surface area contributed by atoms with Crippen LogP contribution < -0.4 is 17.2 Å². The predicted octanol–water partition coefficient (Wildman–Crippen LogP) is 2.45. The van der Waals surface area contributed by atoms with Crippen LogP contribution in [0.15, 0.2) is 54.9 Å². The summed E-state index contributed by atoms with van der Waals surface area (Å²) in [4.78, 5) is 16.8. The Labute approximate surface area is 149 Å². The maximum absolute atomic E-state index is 10.7. The van der Waals surface area contributed by atoms with Crippen molar-refractivity contribution in [2.45, 2.75) is 12.5 Å². The first-order valence-electron chi connectivity index (χ1n) is 8.10. The molecule has 7 nitrogen and oxygen atoms in total. The second-order valence-corrected chi connectivity index (χ2v) is 6.09. The van der Waals surface area contributed by atoms with Gasteiger partial charge in [0.2, 0.25) is 0 Å². The molecule has 1 atom stereocenters. The van der Waals surface area contributed by atoms with Crippen LogP contribution >= 0.6 is 0 Å². The highest BCUT2D eigenvalue weighted by Gasteiger charge is 2.14. The molecule has 2 aromatic heterocycles. The van der Waals surface area contributed by atoms with Gasteiger partial charge < -0.3 is 32.3 Å². The summed E-state index contributed by atoms with van der Waals surface area (Å²) in [5, 5.41) is 10.8. The fourth-order valence-electron chi connectivity index (χ4n) is 2.76. The van der Waals surface area contributed by atoms with E-state index in [2.05, 4.69) is 9.97 Å². The highest BCUT2D eigenvalue weighted by Crippen LogP contribution is 2.21. The zero-order valence-corrected chi connectivity index (χ0v) is 14.1. The van der Waals surface area contributed by atoms with E-state index in [1.165, 1.54) is 5.39 Å². The molecule has 0 saturated heterocycles. The molecule has 0 spiro atoms. The molecule has 7 heteroatoms. The molecule has 9 N–H and O–H groups in total. The number of anilines is 2. The molecule has 0 radical (unpaired) electrons. The maximum Gasteiger partial charge on any atom is 0.320 e. The number of aromatic nitrogens is 2. The lowest BCUT2D eigenvalue weighted by molar-refractivity contribution is -0.138. The molecule has 2 aromatic carbocycles. The highest BCUT2D eigenvalue weighted by molar-refractivity contribution is 5.87. The van der Waals surface area contributed by atoms with Crippen molar-refractivity contribution in [1.82, 2.24) is 9.97 Å². The number of carboxylic acids is 1. The Morgan fingerprint density at radius 1 is 1.00 bits per heavy atom. The van der Waals surface area contributed by atoms with Crippen LogP contribution in [-0.4, -0.2) is 27.1 Å². The van der Waals surface area contributed by atoms with E-state index in [0.717, 1.165) is 27.7 Å². The van der Waals surface area contributed by atoms with Crippen molar-refractivity contribution in [2.24, 2.45) is 5.73 Å². The first-order chi connectivity index (χ1) is 12.4. The first-order valence-corrected chi connectivity index (χ1v) is 8.10. The van der Waals surface area contributed by atoms with Gasteiger partial charge in [0.05, 0.1) is 0 Å². The molecule has 26 heavy (non-hydrogen) atoms. The fourth-order valence-corrected chi connectivity index (χ4v) is 2.76. The van der Waals surface area contributed by atoms with E-state index in [1.54, 1.807) is 12.3 Å². The summed E-state index contributed by atoms with van der Waals surface area (Å²) < 4.78 is 0. The number of hydrogen-bond donors (Lipinski definition) is 6. The normalized spacial score (nSPS) is 11.9. The number of rotatable bonds is 3. The van der Waals surface area contributed by atoms with E-state index in [-0.39, 0.29) is 0 Å². The second kappa shape index (κ2) is 7.20. The smallest absolute Gasteiger partial charge is 0.320 e. The topological polar surface area (TPSA) is 147 Å². The van der Waals surface area contributed by atoms with Crippen molar-refractivity contribution < 1.29 is 9.90 Å². The number of carbonyl (C=O) groups is 1. The highest BCUT2D eigenvalue weighted by atomic mass is 16.4. The molecule has 0 aliphatic heterocycles. The molecule has 0 bridgehead atoms. The Balaban J connectivity index is 0.000000167. The lowest BCUT2D eigenvalue weighted by atomic mass is 10.1. The van der Waals surface area contributed by atoms with Gasteiger partial charge in [0.25, 0.3) is 0 Å². The largest absolute Gasteiger partial charge is 0.480 e. The average molecular weight is 351 g/mol. The minimum Gasteiger partial charge on any atom is -0.480 e. The van der Waals surface area contributed by atoms with E-state index < -0.39 is 12.0 Å². The zero-order valence-electron chi connectivity index (χ0n) is 14.1. The van der Waals surface area contributed by atoms with Crippen LogP contribution in [0.25, 0.3) is 21.8 Å². The number of aromatic amines is 2. The van der Waals surface area contributed by atoms with Gasteiger partial charge in [0.15, 0.2) is 0 Å². The third-order valence-corrected chi connectivity index (χ3v) is 4.13. The number of carboxylic acid groups (broad SMARTS) is 1. The number of fused-ring (bicyclic) bond motifs is 2. The summed E-state index contributed by atoms with van der Waals surface area (Å²) >= 11 is 0. The summed E-state index contributed by atoms with van der Waals surface area (Å²) in [5.74, 6) is -1.00. The molecular formula is C19H21N5O2. The Bertz CT molecular complexity index is 1050. The van der Waals surface area contributed by atoms with Gasteiger partial charge in [0, 0.05) is 52.0 Å². The molecule has 0 fully saturated rings. The third kappa shape index (κ3) is 3.79. The lowest BCUT2D eigenvalue weighted by Gasteiger charge is -2.04. The van der Waals surface area contributed by atoms with Crippen LogP contribution in [0.2, 0.25) is 0 Å². The van der Waals surface area contributed by atoms with E-state index in [9.17, 15) is 4.79 Å². The standard InChI is InChI=1S/C11H13N3O2.C8H8N2/c12-7-1-2-10-8(4-7)6(5-14-10)3-9(13)11(15)16;9-7-1-2-8-6(5-7)3-4-10-8/h1-2,4-5,9,14H,3,12-13H2,(H,15,16);1-5,10H,9H2. The molecule has 0 amide bonds. The van der Waals surface area contributed by atoms with Crippen molar-refractivity contribution in [3.8, 4) is 0 Å². The van der Waals surface area contributed by atoms with Gasteiger partial charge in [-0.15, -0.1) is 0 Å². The van der Waals surface area contributed by atoms with Gasteiger partial charge in [-0.3, -0.25) is 4.79 Å². The summed E-state index contributed by atoms with van der Waals surface area (Å²) in [6.07, 6.45) is 3.97. The fraction of sp³-hybridized carbons (Fsp3) is 0.105. The Morgan fingerprint density at radius 2 is 1.69 bits per heavy atom. The van der Waals surface area contributed by atoms with Gasteiger partial charge in [-0.2, -0.15) is 0 Å². The zero-order chi connectivity index (χ0) is 18.7. The number of benzene rings is 2. The number of H-pyrrole nitrogens is 2. The summed E-state index contributed by atoms with van der Waals surface area (Å²) in [7, 11) is 0. The molecule has 0 aliphatic rings. The molecule has 4 rings (SSSR count). The average Bonchev–Trinajstić information content (AvgIpc) is 3.22. The number of nitrogens with one attached hydrogen (secondary N) is 2. The number of nitrogen functional groups attached to an aromatic ring is 2. The quantitative estimate of drug-likeness (QED) is 0.314. The van der Waals surface area contributed by atoms with Gasteiger partial charge in [-0.05, 0) is 48.0 Å². The Morgan fingerprint density at radius 3 is 2.42 bits per heavy atom.